The first-order valence-corrected chi connectivity index (χ1v) is 6.21. The van der Waals surface area contributed by atoms with Crippen LogP contribution in [0.4, 0.5) is 0 Å². The van der Waals surface area contributed by atoms with E-state index in [9.17, 15) is 9.59 Å². The lowest BCUT2D eigenvalue weighted by Crippen LogP contribution is -2.39. The zero-order valence-electron chi connectivity index (χ0n) is 10.7. The molecule has 0 aliphatic heterocycles. The molecule has 6 heteroatoms. The van der Waals surface area contributed by atoms with E-state index in [-0.39, 0.29) is 25.0 Å². The lowest BCUT2D eigenvalue weighted by molar-refractivity contribution is -0.141. The summed E-state index contributed by atoms with van der Waals surface area (Å²) in [4.78, 5) is 24.6. The molecule has 0 saturated heterocycles. The summed E-state index contributed by atoms with van der Waals surface area (Å²) in [5, 5.41) is 17.9. The summed E-state index contributed by atoms with van der Waals surface area (Å²) in [7, 11) is 1.55. The summed E-state index contributed by atoms with van der Waals surface area (Å²) in [5.41, 5.74) is 0. The second-order valence-corrected chi connectivity index (χ2v) is 4.59. The minimum Gasteiger partial charge on any atom is -0.481 e. The van der Waals surface area contributed by atoms with Gasteiger partial charge in [-0.05, 0) is 19.3 Å². The monoisotopic (exact) mass is 259 g/mol. The van der Waals surface area contributed by atoms with Gasteiger partial charge in [0.05, 0.1) is 19.1 Å². The van der Waals surface area contributed by atoms with Crippen molar-refractivity contribution in [1.82, 2.24) is 4.90 Å². The van der Waals surface area contributed by atoms with Crippen LogP contribution < -0.4 is 0 Å². The molecule has 0 heterocycles. The Bertz CT molecular complexity index is 294. The van der Waals surface area contributed by atoms with Crippen molar-refractivity contribution in [3.8, 4) is 0 Å². The maximum atomic E-state index is 12.2. The Labute approximate surface area is 107 Å². The summed E-state index contributed by atoms with van der Waals surface area (Å²) < 4.78 is 4.92. The minimum absolute atomic E-state index is 0.0650. The second-order valence-electron chi connectivity index (χ2n) is 4.59. The Balaban J connectivity index is 2.52. The number of aliphatic hydroxyl groups is 1. The van der Waals surface area contributed by atoms with E-state index in [0.717, 1.165) is 0 Å². The second kappa shape index (κ2) is 7.33. The largest absolute Gasteiger partial charge is 0.481 e. The Morgan fingerprint density at radius 1 is 1.28 bits per heavy atom. The van der Waals surface area contributed by atoms with E-state index >= 15 is 0 Å². The van der Waals surface area contributed by atoms with Crippen LogP contribution in [0, 0.1) is 11.8 Å². The topological polar surface area (TPSA) is 87.1 Å². The van der Waals surface area contributed by atoms with E-state index in [1.165, 1.54) is 0 Å². The van der Waals surface area contributed by atoms with Crippen LogP contribution in [-0.4, -0.2) is 60.4 Å². The Hall–Kier alpha value is -1.14. The molecule has 0 aromatic carbocycles. The molecule has 6 nitrogen and oxygen atoms in total. The van der Waals surface area contributed by atoms with Gasteiger partial charge in [-0.1, -0.05) is 0 Å². The molecule has 1 aliphatic rings. The average molecular weight is 259 g/mol. The van der Waals surface area contributed by atoms with Gasteiger partial charge >= 0.3 is 5.97 Å². The zero-order chi connectivity index (χ0) is 13.5. The van der Waals surface area contributed by atoms with Crippen molar-refractivity contribution in [2.24, 2.45) is 11.8 Å². The van der Waals surface area contributed by atoms with Gasteiger partial charge in [0.15, 0.2) is 0 Å². The molecule has 0 radical (unpaired) electrons. The SMILES string of the molecule is COCCN(CCO)C(=O)C1CCC(C(=O)O)C1. The average Bonchev–Trinajstić information content (AvgIpc) is 2.83. The smallest absolute Gasteiger partial charge is 0.306 e. The number of carbonyl (C=O) groups is 2. The number of hydrogen-bond donors (Lipinski definition) is 2. The fraction of sp³-hybridized carbons (Fsp3) is 0.833. The number of aliphatic hydroxyl groups excluding tert-OH is 1. The number of nitrogens with zero attached hydrogens (tertiary/aromatic N) is 1. The van der Waals surface area contributed by atoms with Crippen LogP contribution in [0.1, 0.15) is 19.3 Å². The molecular weight excluding hydrogens is 238 g/mol. The Kier molecular flexibility index (Phi) is 6.07. The van der Waals surface area contributed by atoms with Crippen LogP contribution in [0.25, 0.3) is 0 Å². The molecule has 2 unspecified atom stereocenters. The van der Waals surface area contributed by atoms with Crippen LogP contribution in [0.2, 0.25) is 0 Å². The molecule has 104 valence electrons. The summed E-state index contributed by atoms with van der Waals surface area (Å²) in [6, 6.07) is 0. The van der Waals surface area contributed by atoms with E-state index in [1.807, 2.05) is 0 Å². The lowest BCUT2D eigenvalue weighted by atomic mass is 10.0. The van der Waals surface area contributed by atoms with Crippen LogP contribution >= 0.6 is 0 Å². The van der Waals surface area contributed by atoms with Crippen molar-refractivity contribution in [3.05, 3.63) is 0 Å². The van der Waals surface area contributed by atoms with E-state index in [0.29, 0.717) is 32.4 Å². The first-order valence-electron chi connectivity index (χ1n) is 6.21. The highest BCUT2D eigenvalue weighted by molar-refractivity contribution is 5.81. The highest BCUT2D eigenvalue weighted by Crippen LogP contribution is 2.32. The number of hydrogen-bond acceptors (Lipinski definition) is 4. The van der Waals surface area contributed by atoms with E-state index < -0.39 is 11.9 Å². The number of ether oxygens (including phenoxy) is 1. The third-order valence-electron chi connectivity index (χ3n) is 3.38. The number of carboxylic acid groups (broad SMARTS) is 1. The minimum atomic E-state index is -0.823. The molecule has 0 aromatic rings. The molecule has 1 aliphatic carbocycles. The zero-order valence-corrected chi connectivity index (χ0v) is 10.7. The van der Waals surface area contributed by atoms with Crippen LogP contribution in [0.3, 0.4) is 0 Å². The number of carboxylic acids is 1. The van der Waals surface area contributed by atoms with Gasteiger partial charge in [-0.15, -0.1) is 0 Å². The fourth-order valence-electron chi connectivity index (χ4n) is 2.34. The maximum absolute atomic E-state index is 12.2. The Morgan fingerprint density at radius 3 is 2.44 bits per heavy atom. The molecule has 2 atom stereocenters. The first-order chi connectivity index (χ1) is 8.60. The number of methoxy groups -OCH3 is 1. The number of aliphatic carboxylic acids is 1. The van der Waals surface area contributed by atoms with Crippen molar-refractivity contribution in [1.29, 1.82) is 0 Å². The molecule has 0 spiro atoms. The molecule has 1 saturated carbocycles. The van der Waals surface area contributed by atoms with E-state index in [2.05, 4.69) is 0 Å². The van der Waals surface area contributed by atoms with Gasteiger partial charge in [-0.2, -0.15) is 0 Å². The Morgan fingerprint density at radius 2 is 1.94 bits per heavy atom. The van der Waals surface area contributed by atoms with Crippen molar-refractivity contribution >= 4 is 11.9 Å². The fourth-order valence-corrected chi connectivity index (χ4v) is 2.34. The standard InChI is InChI=1S/C12H21NO5/c1-18-7-5-13(4-6-14)11(15)9-2-3-10(8-9)12(16)17/h9-10,14H,2-8H2,1H3,(H,16,17). The third kappa shape index (κ3) is 3.96. The summed E-state index contributed by atoms with van der Waals surface area (Å²) in [6.07, 6.45) is 1.58. The normalized spacial score (nSPS) is 23.0. The highest BCUT2D eigenvalue weighted by Gasteiger charge is 2.35. The van der Waals surface area contributed by atoms with Gasteiger partial charge in [0.2, 0.25) is 5.91 Å². The molecule has 18 heavy (non-hydrogen) atoms. The summed E-state index contributed by atoms with van der Waals surface area (Å²) in [6.45, 7) is 1.03. The number of rotatable bonds is 7. The predicted octanol–water partition coefficient (Wildman–Crippen LogP) is -0.0454. The molecule has 0 bridgehead atoms. The van der Waals surface area contributed by atoms with Gasteiger partial charge in [0.25, 0.3) is 0 Å². The summed E-state index contributed by atoms with van der Waals surface area (Å²) in [5.74, 6) is -1.52. The number of carbonyl (C=O) groups excluding carboxylic acids is 1. The van der Waals surface area contributed by atoms with Crippen molar-refractivity contribution in [2.45, 2.75) is 19.3 Å². The summed E-state index contributed by atoms with van der Waals surface area (Å²) >= 11 is 0. The van der Waals surface area contributed by atoms with Crippen molar-refractivity contribution in [3.63, 3.8) is 0 Å². The molecule has 1 amide bonds. The van der Waals surface area contributed by atoms with Crippen LogP contribution in [0.15, 0.2) is 0 Å². The lowest BCUT2D eigenvalue weighted by Gasteiger charge is -2.24. The maximum Gasteiger partial charge on any atom is 0.306 e. The molecule has 1 fully saturated rings. The van der Waals surface area contributed by atoms with Gasteiger partial charge < -0.3 is 19.8 Å². The highest BCUT2D eigenvalue weighted by atomic mass is 16.5. The van der Waals surface area contributed by atoms with E-state index in [1.54, 1.807) is 12.0 Å². The van der Waals surface area contributed by atoms with Gasteiger partial charge in [-0.3, -0.25) is 9.59 Å². The van der Waals surface area contributed by atoms with Crippen LogP contribution in [-0.2, 0) is 14.3 Å². The molecule has 2 N–H and O–H groups in total. The predicted molar refractivity (Wildman–Crippen MR) is 64.0 cm³/mol. The molecular formula is C12H21NO5. The van der Waals surface area contributed by atoms with E-state index in [4.69, 9.17) is 14.9 Å². The quantitative estimate of drug-likeness (QED) is 0.669. The molecule has 0 aromatic heterocycles. The molecule has 1 rings (SSSR count). The van der Waals surface area contributed by atoms with Crippen LogP contribution in [0.5, 0.6) is 0 Å². The van der Waals surface area contributed by atoms with Crippen molar-refractivity contribution < 1.29 is 24.5 Å². The number of amides is 1. The van der Waals surface area contributed by atoms with Gasteiger partial charge in [-0.25, -0.2) is 0 Å². The third-order valence-corrected chi connectivity index (χ3v) is 3.38. The van der Waals surface area contributed by atoms with Gasteiger partial charge in [0, 0.05) is 26.1 Å². The first kappa shape index (κ1) is 14.9. The van der Waals surface area contributed by atoms with Crippen molar-refractivity contribution in [2.75, 3.05) is 33.4 Å². The van der Waals surface area contributed by atoms with Gasteiger partial charge in [0.1, 0.15) is 0 Å².